The summed E-state index contributed by atoms with van der Waals surface area (Å²) in [4.78, 5) is 31.5. The van der Waals surface area contributed by atoms with Gasteiger partial charge in [0.2, 0.25) is 0 Å². The molecule has 1 aliphatic rings. The number of anilines is 1. The summed E-state index contributed by atoms with van der Waals surface area (Å²) < 4.78 is 0. The van der Waals surface area contributed by atoms with E-state index in [0.717, 1.165) is 34.2 Å². The van der Waals surface area contributed by atoms with E-state index >= 15 is 0 Å². The smallest absolute Gasteiger partial charge is 0.257 e. The largest absolute Gasteiger partial charge is 0.350 e. The maximum atomic E-state index is 12.8. The first-order chi connectivity index (χ1) is 18.4. The van der Waals surface area contributed by atoms with Crippen LogP contribution in [-0.4, -0.2) is 23.4 Å². The number of hydrogen-bond acceptors (Lipinski definition) is 4. The Labute approximate surface area is 231 Å². The fourth-order valence-corrected chi connectivity index (χ4v) is 5.11. The van der Waals surface area contributed by atoms with E-state index in [2.05, 4.69) is 39.5 Å². The maximum absolute atomic E-state index is 12.8. The number of carbonyl (C=O) groups is 2. The number of amides is 1. The van der Waals surface area contributed by atoms with Gasteiger partial charge in [0.15, 0.2) is 0 Å². The minimum absolute atomic E-state index is 0.246. The number of rotatable bonds is 7. The van der Waals surface area contributed by atoms with Crippen molar-refractivity contribution >= 4 is 53.1 Å². The van der Waals surface area contributed by atoms with Gasteiger partial charge in [-0.15, -0.1) is 0 Å². The lowest BCUT2D eigenvalue weighted by Crippen LogP contribution is -2.34. The number of fused-ring (bicyclic) bond motifs is 1. The number of benzene rings is 4. The van der Waals surface area contributed by atoms with Crippen molar-refractivity contribution in [2.45, 2.75) is 19.5 Å². The molecule has 0 fully saturated rings. The highest BCUT2D eigenvalue weighted by atomic mass is 35.5. The Kier molecular flexibility index (Phi) is 7.59. The summed E-state index contributed by atoms with van der Waals surface area (Å²) >= 11 is 12.4. The molecule has 0 radical (unpaired) electrons. The lowest BCUT2D eigenvalue weighted by atomic mass is 9.91. The van der Waals surface area contributed by atoms with Gasteiger partial charge >= 0.3 is 0 Å². The third-order valence-corrected chi connectivity index (χ3v) is 7.18. The minimum atomic E-state index is -0.305. The van der Waals surface area contributed by atoms with Crippen LogP contribution in [0, 0.1) is 5.92 Å². The molecule has 0 bridgehead atoms. The summed E-state index contributed by atoms with van der Waals surface area (Å²) in [6.45, 7) is 2.46. The summed E-state index contributed by atoms with van der Waals surface area (Å²) in [5, 5.41) is 4.00. The summed E-state index contributed by atoms with van der Waals surface area (Å²) in [7, 11) is 0. The molecule has 1 amide bonds. The first-order valence-corrected chi connectivity index (χ1v) is 13.0. The van der Waals surface area contributed by atoms with E-state index in [9.17, 15) is 9.59 Å². The van der Waals surface area contributed by atoms with Gasteiger partial charge in [0.05, 0.1) is 28.7 Å². The number of aldehydes is 1. The van der Waals surface area contributed by atoms with Crippen molar-refractivity contribution in [3.63, 3.8) is 0 Å². The normalized spacial score (nSPS) is 15.0. The van der Waals surface area contributed by atoms with Crippen LogP contribution >= 0.6 is 23.2 Å². The summed E-state index contributed by atoms with van der Waals surface area (Å²) in [5.41, 5.74) is 5.86. The highest BCUT2D eigenvalue weighted by molar-refractivity contribution is 6.34. The average molecular weight is 542 g/mol. The fraction of sp³-hybridized carbons (Fsp3) is 0.129. The molecule has 0 aliphatic carbocycles. The molecule has 0 aromatic heterocycles. The first kappa shape index (κ1) is 25.7. The fourth-order valence-electron chi connectivity index (χ4n) is 4.70. The zero-order valence-electron chi connectivity index (χ0n) is 20.6. The van der Waals surface area contributed by atoms with E-state index in [1.165, 1.54) is 0 Å². The zero-order chi connectivity index (χ0) is 26.6. The molecule has 0 saturated heterocycles. The van der Waals surface area contributed by atoms with Gasteiger partial charge in [-0.25, -0.2) is 4.99 Å². The molecular formula is C31H25Cl2N3O2. The Hall–Kier alpha value is -3.93. The van der Waals surface area contributed by atoms with Crippen molar-refractivity contribution in [2.24, 2.45) is 10.9 Å². The van der Waals surface area contributed by atoms with Gasteiger partial charge in [-0.05, 0) is 59.2 Å². The van der Waals surface area contributed by atoms with Gasteiger partial charge < -0.3 is 15.0 Å². The number of halogens is 2. The molecule has 190 valence electrons. The van der Waals surface area contributed by atoms with Gasteiger partial charge in [-0.1, -0.05) is 78.7 Å². The van der Waals surface area contributed by atoms with Crippen molar-refractivity contribution in [3.05, 3.63) is 118 Å². The molecule has 1 N–H and O–H groups in total. The minimum Gasteiger partial charge on any atom is -0.350 e. The van der Waals surface area contributed by atoms with Gasteiger partial charge in [0, 0.05) is 28.7 Å². The number of nitrogens with zero attached hydrogens (tertiary/aromatic N) is 2. The van der Waals surface area contributed by atoms with Crippen LogP contribution in [0.25, 0.3) is 11.1 Å². The molecule has 0 saturated carbocycles. The topological polar surface area (TPSA) is 61.8 Å². The Morgan fingerprint density at radius 2 is 1.76 bits per heavy atom. The number of nitrogens with one attached hydrogen (secondary N) is 1. The van der Waals surface area contributed by atoms with Crippen molar-refractivity contribution in [1.29, 1.82) is 0 Å². The average Bonchev–Trinajstić information content (AvgIpc) is 2.93. The molecule has 5 nitrogen and oxygen atoms in total. The quantitative estimate of drug-likeness (QED) is 0.241. The molecule has 38 heavy (non-hydrogen) atoms. The Balaban J connectivity index is 1.39. The van der Waals surface area contributed by atoms with E-state index in [1.807, 2.05) is 43.3 Å². The predicted molar refractivity (Wildman–Crippen MR) is 154 cm³/mol. The van der Waals surface area contributed by atoms with Gasteiger partial charge in [-0.2, -0.15) is 0 Å². The van der Waals surface area contributed by atoms with Crippen molar-refractivity contribution in [2.75, 3.05) is 5.32 Å². The van der Waals surface area contributed by atoms with E-state index in [1.54, 1.807) is 36.7 Å². The van der Waals surface area contributed by atoms with Gasteiger partial charge in [-0.3, -0.25) is 4.79 Å². The van der Waals surface area contributed by atoms with Crippen LogP contribution in [0.2, 0.25) is 10.0 Å². The molecule has 0 spiro atoms. The molecule has 1 aliphatic heterocycles. The van der Waals surface area contributed by atoms with E-state index in [-0.39, 0.29) is 17.9 Å². The second-order valence-corrected chi connectivity index (χ2v) is 10.1. The van der Waals surface area contributed by atoms with Crippen molar-refractivity contribution in [1.82, 2.24) is 4.90 Å². The highest BCUT2D eigenvalue weighted by Crippen LogP contribution is 2.39. The number of aliphatic imine (C=N–C) groups is 1. The third kappa shape index (κ3) is 5.49. The van der Waals surface area contributed by atoms with Crippen LogP contribution in [0.1, 0.15) is 34.5 Å². The maximum Gasteiger partial charge on any atom is 0.257 e. The molecule has 4 aromatic carbocycles. The Morgan fingerprint density at radius 1 is 0.974 bits per heavy atom. The van der Waals surface area contributed by atoms with Crippen molar-refractivity contribution in [3.8, 4) is 11.1 Å². The van der Waals surface area contributed by atoms with Crippen molar-refractivity contribution < 1.29 is 9.59 Å². The van der Waals surface area contributed by atoms with Crippen LogP contribution in [0.4, 0.5) is 11.4 Å². The lowest BCUT2D eigenvalue weighted by Gasteiger charge is -2.36. The second kappa shape index (κ2) is 11.2. The second-order valence-electron chi connectivity index (χ2n) is 9.27. The van der Waals surface area contributed by atoms with Crippen LogP contribution in [0.5, 0.6) is 0 Å². The molecule has 1 heterocycles. The molecule has 2 atom stereocenters. The summed E-state index contributed by atoms with van der Waals surface area (Å²) in [6.07, 6.45) is 2.75. The molecular weight excluding hydrogens is 517 g/mol. The van der Waals surface area contributed by atoms with Crippen LogP contribution < -0.4 is 5.32 Å². The Bertz CT molecular complexity index is 1520. The first-order valence-electron chi connectivity index (χ1n) is 12.2. The summed E-state index contributed by atoms with van der Waals surface area (Å²) in [5.74, 6) is -0.604. The molecule has 5 rings (SSSR count). The SMILES string of the molecule is C[C@@H](C=O)[C@H]1c2cc(NC(=O)c3ccccc3Cl)ccc2N=CN1Cc1ccc(-c2cccc(Cl)c2)cc1. The Morgan fingerprint density at radius 3 is 2.50 bits per heavy atom. The highest BCUT2D eigenvalue weighted by Gasteiger charge is 2.30. The number of hydrogen-bond donors (Lipinski definition) is 1. The van der Waals surface area contributed by atoms with E-state index < -0.39 is 0 Å². The molecule has 0 unspecified atom stereocenters. The predicted octanol–water partition coefficient (Wildman–Crippen LogP) is 7.96. The zero-order valence-corrected chi connectivity index (χ0v) is 22.2. The van der Waals surface area contributed by atoms with E-state index in [4.69, 9.17) is 23.2 Å². The lowest BCUT2D eigenvalue weighted by molar-refractivity contribution is -0.112. The van der Waals surface area contributed by atoms with Crippen LogP contribution in [-0.2, 0) is 11.3 Å². The standard InChI is InChI=1S/C31H25Cl2N3O2/c1-20(18-37)30-27-16-25(35-31(38)26-7-2-3-8-28(26)33)13-14-29(27)34-19-36(30)17-21-9-11-22(12-10-21)23-5-4-6-24(32)15-23/h2-16,18-20,30H,17H2,1H3,(H,35,38)/t20-,30-/m0/s1. The monoisotopic (exact) mass is 541 g/mol. The van der Waals surface area contributed by atoms with Crippen LogP contribution in [0.3, 0.4) is 0 Å². The molecule has 7 heteroatoms. The summed E-state index contributed by atoms with van der Waals surface area (Å²) in [6, 6.07) is 28.2. The van der Waals surface area contributed by atoms with Crippen LogP contribution in [0.15, 0.2) is 96.0 Å². The molecule has 4 aromatic rings. The van der Waals surface area contributed by atoms with E-state index in [0.29, 0.717) is 27.8 Å². The number of carbonyl (C=O) groups excluding carboxylic acids is 2. The third-order valence-electron chi connectivity index (χ3n) is 6.61. The van der Waals surface area contributed by atoms with Gasteiger partial charge in [0.25, 0.3) is 5.91 Å². The van der Waals surface area contributed by atoms with Gasteiger partial charge in [0.1, 0.15) is 6.29 Å².